The lowest BCUT2D eigenvalue weighted by Gasteiger charge is -2.23. The summed E-state index contributed by atoms with van der Waals surface area (Å²) < 4.78 is 4.83. The van der Waals surface area contributed by atoms with Gasteiger partial charge in [-0.25, -0.2) is 4.79 Å². The van der Waals surface area contributed by atoms with Gasteiger partial charge in [0.1, 0.15) is 0 Å². The van der Waals surface area contributed by atoms with E-state index in [1.54, 1.807) is 11.8 Å². The number of carbonyl (C=O) groups is 2. The van der Waals surface area contributed by atoms with E-state index in [4.69, 9.17) is 4.74 Å². The van der Waals surface area contributed by atoms with Gasteiger partial charge in [0.25, 0.3) is 0 Å². The van der Waals surface area contributed by atoms with Crippen LogP contribution in [-0.2, 0) is 14.3 Å². The van der Waals surface area contributed by atoms with Crippen molar-refractivity contribution in [3.63, 3.8) is 0 Å². The molecule has 90 valence electrons. The molecule has 1 unspecified atom stereocenters. The van der Waals surface area contributed by atoms with Gasteiger partial charge >= 0.3 is 5.97 Å². The molecule has 1 fully saturated rings. The number of ether oxygens (including phenoxy) is 1. The molecule has 0 aliphatic carbocycles. The van der Waals surface area contributed by atoms with E-state index in [-0.39, 0.29) is 17.9 Å². The van der Waals surface area contributed by atoms with Gasteiger partial charge in [-0.05, 0) is 20.3 Å². The molecule has 0 spiro atoms. The third-order valence-electron chi connectivity index (χ3n) is 2.41. The summed E-state index contributed by atoms with van der Waals surface area (Å²) >= 11 is 1.39. The molecule has 1 atom stereocenters. The van der Waals surface area contributed by atoms with E-state index < -0.39 is 0 Å². The molecule has 0 N–H and O–H groups in total. The van der Waals surface area contributed by atoms with Gasteiger partial charge in [0.05, 0.1) is 23.5 Å². The Kier molecular flexibility index (Phi) is 4.86. The molecule has 0 bridgehead atoms. The van der Waals surface area contributed by atoms with E-state index in [9.17, 15) is 9.59 Å². The molecule has 1 rings (SSSR count). The van der Waals surface area contributed by atoms with Gasteiger partial charge in [-0.2, -0.15) is 0 Å². The Morgan fingerprint density at radius 1 is 1.62 bits per heavy atom. The lowest BCUT2D eigenvalue weighted by molar-refractivity contribution is -0.137. The first kappa shape index (κ1) is 13.1. The summed E-state index contributed by atoms with van der Waals surface area (Å²) in [7, 11) is 0. The van der Waals surface area contributed by atoms with Crippen LogP contribution >= 0.6 is 11.8 Å². The zero-order chi connectivity index (χ0) is 12.1. The van der Waals surface area contributed by atoms with Crippen LogP contribution in [0.15, 0.2) is 11.1 Å². The minimum absolute atomic E-state index is 0.0647. The van der Waals surface area contributed by atoms with E-state index in [2.05, 4.69) is 0 Å². The summed E-state index contributed by atoms with van der Waals surface area (Å²) in [6.45, 7) is 6.10. The van der Waals surface area contributed by atoms with Crippen LogP contribution in [0.4, 0.5) is 0 Å². The highest BCUT2D eigenvalue weighted by Crippen LogP contribution is 2.31. The predicted octanol–water partition coefficient (Wildman–Crippen LogP) is 1.76. The predicted molar refractivity (Wildman–Crippen MR) is 63.8 cm³/mol. The standard InChI is InChI=1S/C11H17NO3S/c1-4-8(3)12-9(13)7-16-10(12)6-11(14)15-5-2/h6,8H,4-5,7H2,1-3H3/b10-6-. The van der Waals surface area contributed by atoms with E-state index in [1.807, 2.05) is 13.8 Å². The lowest BCUT2D eigenvalue weighted by Crippen LogP contribution is -2.33. The molecule has 0 saturated carbocycles. The number of hydrogen-bond donors (Lipinski definition) is 0. The molecule has 1 amide bonds. The first-order valence-corrected chi connectivity index (χ1v) is 6.42. The Hall–Kier alpha value is -0.970. The highest BCUT2D eigenvalue weighted by molar-refractivity contribution is 8.04. The molecule has 0 aromatic carbocycles. The van der Waals surface area contributed by atoms with Crippen LogP contribution in [0.5, 0.6) is 0 Å². The van der Waals surface area contributed by atoms with Gasteiger partial charge in [0.15, 0.2) is 0 Å². The molecular formula is C11H17NO3S. The van der Waals surface area contributed by atoms with Crippen LogP contribution in [0.1, 0.15) is 27.2 Å². The van der Waals surface area contributed by atoms with Crippen LogP contribution < -0.4 is 0 Å². The molecule has 1 aliphatic heterocycles. The van der Waals surface area contributed by atoms with E-state index in [0.29, 0.717) is 17.4 Å². The summed E-state index contributed by atoms with van der Waals surface area (Å²) in [4.78, 5) is 24.6. The second-order valence-electron chi connectivity index (χ2n) is 3.54. The number of nitrogens with zero attached hydrogens (tertiary/aromatic N) is 1. The zero-order valence-electron chi connectivity index (χ0n) is 9.86. The highest BCUT2D eigenvalue weighted by Gasteiger charge is 2.30. The minimum atomic E-state index is -0.381. The monoisotopic (exact) mass is 243 g/mol. The smallest absolute Gasteiger partial charge is 0.333 e. The fraction of sp³-hybridized carbons (Fsp3) is 0.636. The Balaban J connectivity index is 2.79. The molecule has 4 nitrogen and oxygen atoms in total. The molecule has 1 aliphatic rings. The average Bonchev–Trinajstić information content (AvgIpc) is 2.59. The van der Waals surface area contributed by atoms with Gasteiger partial charge in [-0.3, -0.25) is 4.79 Å². The minimum Gasteiger partial charge on any atom is -0.463 e. The number of thioether (sulfide) groups is 1. The van der Waals surface area contributed by atoms with Crippen molar-refractivity contribution in [2.24, 2.45) is 0 Å². The Morgan fingerprint density at radius 3 is 2.88 bits per heavy atom. The molecule has 0 radical (unpaired) electrons. The van der Waals surface area contributed by atoms with E-state index >= 15 is 0 Å². The highest BCUT2D eigenvalue weighted by atomic mass is 32.2. The van der Waals surface area contributed by atoms with Crippen molar-refractivity contribution in [1.29, 1.82) is 0 Å². The Labute approximate surface area is 100 Å². The van der Waals surface area contributed by atoms with Crippen LogP contribution in [0.3, 0.4) is 0 Å². The molecule has 1 saturated heterocycles. The van der Waals surface area contributed by atoms with Crippen molar-refractivity contribution in [2.75, 3.05) is 12.4 Å². The van der Waals surface area contributed by atoms with E-state index in [0.717, 1.165) is 6.42 Å². The molecule has 5 heteroatoms. The molecule has 1 heterocycles. The van der Waals surface area contributed by atoms with Crippen molar-refractivity contribution < 1.29 is 14.3 Å². The maximum atomic E-state index is 11.6. The summed E-state index contributed by atoms with van der Waals surface area (Å²) in [6, 6.07) is 0.128. The van der Waals surface area contributed by atoms with Gasteiger partial charge in [-0.1, -0.05) is 18.7 Å². The number of carbonyl (C=O) groups excluding carboxylic acids is 2. The summed E-state index contributed by atoms with van der Waals surface area (Å²) in [5, 5.41) is 0.706. The second-order valence-corrected chi connectivity index (χ2v) is 4.54. The number of hydrogen-bond acceptors (Lipinski definition) is 4. The third-order valence-corrected chi connectivity index (χ3v) is 3.41. The van der Waals surface area contributed by atoms with Gasteiger partial charge in [0, 0.05) is 6.04 Å². The van der Waals surface area contributed by atoms with Crippen molar-refractivity contribution in [1.82, 2.24) is 4.90 Å². The first-order chi connectivity index (χ1) is 7.60. The fourth-order valence-electron chi connectivity index (χ4n) is 1.44. The lowest BCUT2D eigenvalue weighted by atomic mass is 10.2. The van der Waals surface area contributed by atoms with Crippen molar-refractivity contribution in [3.05, 3.63) is 11.1 Å². The van der Waals surface area contributed by atoms with Gasteiger partial charge in [0.2, 0.25) is 5.91 Å². The summed E-state index contributed by atoms with van der Waals surface area (Å²) in [5.41, 5.74) is 0. The SMILES string of the molecule is CCOC(=O)/C=C1\SCC(=O)N1C(C)CC. The Bertz CT molecular complexity index is 314. The van der Waals surface area contributed by atoms with Crippen LogP contribution in [-0.4, -0.2) is 35.2 Å². The van der Waals surface area contributed by atoms with Crippen molar-refractivity contribution in [2.45, 2.75) is 33.2 Å². The van der Waals surface area contributed by atoms with Crippen LogP contribution in [0, 0.1) is 0 Å². The van der Waals surface area contributed by atoms with E-state index in [1.165, 1.54) is 17.8 Å². The molecular weight excluding hydrogens is 226 g/mol. The number of amides is 1. The normalized spacial score (nSPS) is 20.3. The first-order valence-electron chi connectivity index (χ1n) is 5.43. The maximum Gasteiger partial charge on any atom is 0.333 e. The average molecular weight is 243 g/mol. The number of esters is 1. The quantitative estimate of drug-likeness (QED) is 0.557. The molecule has 0 aromatic heterocycles. The van der Waals surface area contributed by atoms with Crippen LogP contribution in [0.2, 0.25) is 0 Å². The summed E-state index contributed by atoms with van der Waals surface area (Å²) in [5.74, 6) is 0.0955. The molecule has 16 heavy (non-hydrogen) atoms. The Morgan fingerprint density at radius 2 is 2.31 bits per heavy atom. The van der Waals surface area contributed by atoms with Crippen LogP contribution in [0.25, 0.3) is 0 Å². The number of rotatable bonds is 4. The summed E-state index contributed by atoms with van der Waals surface area (Å²) in [6.07, 6.45) is 2.28. The van der Waals surface area contributed by atoms with Crippen molar-refractivity contribution >= 4 is 23.6 Å². The van der Waals surface area contributed by atoms with Gasteiger partial charge in [-0.15, -0.1) is 0 Å². The second kappa shape index (κ2) is 5.94. The molecule has 0 aromatic rings. The van der Waals surface area contributed by atoms with Gasteiger partial charge < -0.3 is 9.64 Å². The fourth-order valence-corrected chi connectivity index (χ4v) is 2.45. The zero-order valence-corrected chi connectivity index (χ0v) is 10.7. The third kappa shape index (κ3) is 3.01. The largest absolute Gasteiger partial charge is 0.463 e. The maximum absolute atomic E-state index is 11.6. The van der Waals surface area contributed by atoms with Crippen molar-refractivity contribution in [3.8, 4) is 0 Å². The topological polar surface area (TPSA) is 46.6 Å².